The van der Waals surface area contributed by atoms with Crippen molar-refractivity contribution in [1.29, 1.82) is 0 Å². The highest BCUT2D eigenvalue weighted by molar-refractivity contribution is 5.88. The summed E-state index contributed by atoms with van der Waals surface area (Å²) >= 11 is 0. The molecule has 120 valence electrons. The Balaban J connectivity index is 1.84. The van der Waals surface area contributed by atoms with Crippen molar-refractivity contribution in [2.45, 2.75) is 64.6 Å². The molecule has 0 aromatic carbocycles. The molecule has 1 saturated carbocycles. The average Bonchev–Trinajstić information content (AvgIpc) is 3.13. The van der Waals surface area contributed by atoms with Gasteiger partial charge in [0.15, 0.2) is 5.78 Å². The molecule has 5 nitrogen and oxygen atoms in total. The summed E-state index contributed by atoms with van der Waals surface area (Å²) in [5.41, 5.74) is 0. The van der Waals surface area contributed by atoms with Crippen molar-refractivity contribution >= 4 is 11.7 Å². The van der Waals surface area contributed by atoms with Gasteiger partial charge in [0.1, 0.15) is 0 Å². The van der Waals surface area contributed by atoms with Crippen LogP contribution in [0.2, 0.25) is 0 Å². The Morgan fingerprint density at radius 3 is 2.48 bits per heavy atom. The zero-order valence-electron chi connectivity index (χ0n) is 13.5. The lowest BCUT2D eigenvalue weighted by Crippen LogP contribution is -2.49. The van der Waals surface area contributed by atoms with Crippen LogP contribution < -0.4 is 10.6 Å². The molecule has 2 unspecified atom stereocenters. The Hall–Kier alpha value is -0.940. The minimum Gasteiger partial charge on any atom is -0.345 e. The van der Waals surface area contributed by atoms with Crippen molar-refractivity contribution < 1.29 is 9.59 Å². The first-order valence-electron chi connectivity index (χ1n) is 8.24. The molecule has 0 aromatic heterocycles. The molecular weight excluding hydrogens is 266 g/mol. The van der Waals surface area contributed by atoms with Crippen LogP contribution in [0.25, 0.3) is 0 Å². The summed E-state index contributed by atoms with van der Waals surface area (Å²) < 4.78 is 0. The number of nitrogens with zero attached hydrogens (tertiary/aromatic N) is 1. The van der Waals surface area contributed by atoms with Crippen LogP contribution in [0.3, 0.4) is 0 Å². The maximum atomic E-state index is 12.3. The topological polar surface area (TPSA) is 61.4 Å². The first-order valence-corrected chi connectivity index (χ1v) is 8.24. The number of ketones is 1. The van der Waals surface area contributed by atoms with Crippen LogP contribution in [0.4, 0.5) is 0 Å². The molecule has 1 amide bonds. The predicted molar refractivity (Wildman–Crippen MR) is 83.1 cm³/mol. The van der Waals surface area contributed by atoms with Crippen molar-refractivity contribution in [3.05, 3.63) is 0 Å². The second-order valence-electron chi connectivity index (χ2n) is 6.85. The normalized spacial score (nSPS) is 23.6. The molecule has 2 N–H and O–H groups in total. The molecule has 5 heteroatoms. The Morgan fingerprint density at radius 1 is 1.29 bits per heavy atom. The van der Waals surface area contributed by atoms with E-state index >= 15 is 0 Å². The highest BCUT2D eigenvalue weighted by atomic mass is 16.2. The Labute approximate surface area is 127 Å². The highest BCUT2D eigenvalue weighted by Gasteiger charge is 2.33. The lowest BCUT2D eigenvalue weighted by atomic mass is 10.0. The fourth-order valence-electron chi connectivity index (χ4n) is 3.12. The molecule has 0 radical (unpaired) electrons. The number of rotatable bonds is 8. The highest BCUT2D eigenvalue weighted by Crippen LogP contribution is 2.27. The van der Waals surface area contributed by atoms with Crippen molar-refractivity contribution in [3.8, 4) is 0 Å². The molecule has 1 saturated heterocycles. The van der Waals surface area contributed by atoms with E-state index in [2.05, 4.69) is 15.5 Å². The standard InChI is InChI=1S/C16H29N3O2/c1-11(2)16(12(3)20)18-15(21)10-19(14-6-7-14)9-13-5-4-8-17-13/h11,13-14,16-17H,4-10H2,1-3H3,(H,18,21). The van der Waals surface area contributed by atoms with E-state index in [0.29, 0.717) is 18.6 Å². The number of hydrogen-bond donors (Lipinski definition) is 2. The number of carbonyl (C=O) groups excluding carboxylic acids is 2. The van der Waals surface area contributed by atoms with Gasteiger partial charge in [-0.25, -0.2) is 0 Å². The second-order valence-corrected chi connectivity index (χ2v) is 6.85. The fraction of sp³-hybridized carbons (Fsp3) is 0.875. The van der Waals surface area contributed by atoms with Gasteiger partial charge in [-0.15, -0.1) is 0 Å². The predicted octanol–water partition coefficient (Wildman–Crippen LogP) is 0.933. The molecule has 2 atom stereocenters. The number of hydrogen-bond acceptors (Lipinski definition) is 4. The van der Waals surface area contributed by atoms with Gasteiger partial charge >= 0.3 is 0 Å². The summed E-state index contributed by atoms with van der Waals surface area (Å²) in [7, 11) is 0. The van der Waals surface area contributed by atoms with Crippen LogP contribution in [0.15, 0.2) is 0 Å². The van der Waals surface area contributed by atoms with Crippen molar-refractivity contribution in [2.75, 3.05) is 19.6 Å². The molecule has 0 spiro atoms. The van der Waals surface area contributed by atoms with Crippen molar-refractivity contribution in [3.63, 3.8) is 0 Å². The maximum Gasteiger partial charge on any atom is 0.234 e. The zero-order chi connectivity index (χ0) is 15.4. The van der Waals surface area contributed by atoms with E-state index in [1.807, 2.05) is 13.8 Å². The maximum absolute atomic E-state index is 12.3. The number of Topliss-reactive ketones (excluding diaryl/α,β-unsaturated/α-hetero) is 1. The number of amides is 1. The number of carbonyl (C=O) groups is 2. The third-order valence-corrected chi connectivity index (χ3v) is 4.45. The van der Waals surface area contributed by atoms with Crippen LogP contribution >= 0.6 is 0 Å². The Kier molecular flexibility index (Phi) is 5.76. The van der Waals surface area contributed by atoms with E-state index in [0.717, 1.165) is 13.1 Å². The third kappa shape index (κ3) is 5.08. The van der Waals surface area contributed by atoms with E-state index in [4.69, 9.17) is 0 Å². The first kappa shape index (κ1) is 16.4. The van der Waals surface area contributed by atoms with Crippen molar-refractivity contribution in [1.82, 2.24) is 15.5 Å². The molecule has 1 heterocycles. The van der Waals surface area contributed by atoms with Crippen LogP contribution in [0.1, 0.15) is 46.5 Å². The quantitative estimate of drug-likeness (QED) is 0.699. The van der Waals surface area contributed by atoms with E-state index < -0.39 is 0 Å². The van der Waals surface area contributed by atoms with Gasteiger partial charge < -0.3 is 10.6 Å². The van der Waals surface area contributed by atoms with Gasteiger partial charge in [0.25, 0.3) is 0 Å². The van der Waals surface area contributed by atoms with E-state index in [1.165, 1.54) is 25.7 Å². The molecule has 2 rings (SSSR count). The molecule has 0 bridgehead atoms. The smallest absolute Gasteiger partial charge is 0.234 e. The summed E-state index contributed by atoms with van der Waals surface area (Å²) in [5.74, 6) is 0.153. The van der Waals surface area contributed by atoms with Gasteiger partial charge in [0.2, 0.25) is 5.91 Å². The van der Waals surface area contributed by atoms with E-state index in [9.17, 15) is 9.59 Å². The monoisotopic (exact) mass is 295 g/mol. The van der Waals surface area contributed by atoms with Gasteiger partial charge in [-0.2, -0.15) is 0 Å². The summed E-state index contributed by atoms with van der Waals surface area (Å²) in [4.78, 5) is 26.1. The average molecular weight is 295 g/mol. The molecule has 1 aliphatic heterocycles. The second kappa shape index (κ2) is 7.36. The summed E-state index contributed by atoms with van der Waals surface area (Å²) in [6.45, 7) is 7.94. The molecule has 0 aromatic rings. The molecule has 1 aliphatic carbocycles. The summed E-state index contributed by atoms with van der Waals surface area (Å²) in [6.07, 6.45) is 4.82. The van der Waals surface area contributed by atoms with Crippen LogP contribution in [-0.2, 0) is 9.59 Å². The molecular formula is C16H29N3O2. The van der Waals surface area contributed by atoms with E-state index in [-0.39, 0.29) is 23.7 Å². The minimum atomic E-state index is -0.358. The summed E-state index contributed by atoms with van der Waals surface area (Å²) in [5, 5.41) is 6.40. The molecule has 2 fully saturated rings. The molecule has 21 heavy (non-hydrogen) atoms. The largest absolute Gasteiger partial charge is 0.345 e. The van der Waals surface area contributed by atoms with Gasteiger partial charge in [-0.05, 0) is 45.1 Å². The van der Waals surface area contributed by atoms with Gasteiger partial charge in [0.05, 0.1) is 12.6 Å². The van der Waals surface area contributed by atoms with Crippen LogP contribution in [0.5, 0.6) is 0 Å². The number of nitrogens with one attached hydrogen (secondary N) is 2. The Bertz CT molecular complexity index is 374. The lowest BCUT2D eigenvalue weighted by molar-refractivity contribution is -0.128. The molecule has 2 aliphatic rings. The lowest BCUT2D eigenvalue weighted by Gasteiger charge is -2.26. The van der Waals surface area contributed by atoms with Gasteiger partial charge in [-0.3, -0.25) is 14.5 Å². The summed E-state index contributed by atoms with van der Waals surface area (Å²) in [6, 6.07) is 0.725. The van der Waals surface area contributed by atoms with Gasteiger partial charge in [0, 0.05) is 18.6 Å². The minimum absolute atomic E-state index is 0.0196. The fourth-order valence-corrected chi connectivity index (χ4v) is 3.12. The SMILES string of the molecule is CC(=O)C(NC(=O)CN(CC1CCCN1)C1CC1)C(C)C. The van der Waals surface area contributed by atoms with Crippen LogP contribution in [-0.4, -0.2) is 54.4 Å². The van der Waals surface area contributed by atoms with Gasteiger partial charge in [-0.1, -0.05) is 13.8 Å². The zero-order valence-corrected chi connectivity index (χ0v) is 13.5. The van der Waals surface area contributed by atoms with E-state index in [1.54, 1.807) is 6.92 Å². The van der Waals surface area contributed by atoms with Crippen molar-refractivity contribution in [2.24, 2.45) is 5.92 Å². The van der Waals surface area contributed by atoms with Crippen LogP contribution in [0, 0.1) is 5.92 Å². The first-order chi connectivity index (χ1) is 9.97. The Morgan fingerprint density at radius 2 is 2.00 bits per heavy atom. The third-order valence-electron chi connectivity index (χ3n) is 4.45.